The van der Waals surface area contributed by atoms with Gasteiger partial charge in [0, 0.05) is 16.7 Å². The number of carbonyl (C=O) groups is 4. The maximum Gasteiger partial charge on any atom is 0.241 e. The van der Waals surface area contributed by atoms with Gasteiger partial charge in [0.1, 0.15) is 11.9 Å². The van der Waals surface area contributed by atoms with Crippen LogP contribution in [-0.4, -0.2) is 36.1 Å². The predicted octanol–water partition coefficient (Wildman–Crippen LogP) is 3.70. The van der Waals surface area contributed by atoms with E-state index in [1.54, 1.807) is 73.7 Å². The molecule has 0 N–H and O–H groups in total. The van der Waals surface area contributed by atoms with Crippen LogP contribution in [0.1, 0.15) is 37.9 Å². The highest BCUT2D eigenvalue weighted by molar-refractivity contribution is 6.37. The van der Waals surface area contributed by atoms with Crippen LogP contribution in [0.3, 0.4) is 0 Å². The molecule has 174 valence electrons. The van der Waals surface area contributed by atoms with Crippen LogP contribution in [0.25, 0.3) is 0 Å². The molecule has 0 radical (unpaired) electrons. The fourth-order valence-corrected chi connectivity index (χ4v) is 5.75. The smallest absolute Gasteiger partial charge is 0.241 e. The van der Waals surface area contributed by atoms with Crippen LogP contribution in [0.5, 0.6) is 5.75 Å². The molecule has 2 saturated heterocycles. The summed E-state index contributed by atoms with van der Waals surface area (Å²) < 4.78 is 11.8. The highest BCUT2D eigenvalue weighted by atomic mass is 16.5. The van der Waals surface area contributed by atoms with E-state index in [1.807, 2.05) is 6.07 Å². The zero-order valence-corrected chi connectivity index (χ0v) is 19.1. The highest BCUT2D eigenvalue weighted by Crippen LogP contribution is 2.58. The third-order valence-corrected chi connectivity index (χ3v) is 7.32. The zero-order chi connectivity index (χ0) is 24.5. The van der Waals surface area contributed by atoms with Gasteiger partial charge in [0.25, 0.3) is 0 Å². The molecule has 6 rings (SSSR count). The van der Waals surface area contributed by atoms with E-state index < -0.39 is 46.9 Å². The van der Waals surface area contributed by atoms with E-state index >= 15 is 0 Å². The van der Waals surface area contributed by atoms with Gasteiger partial charge in [-0.05, 0) is 24.6 Å². The lowest BCUT2D eigenvalue weighted by Crippen LogP contribution is -2.51. The first-order valence-corrected chi connectivity index (χ1v) is 11.3. The van der Waals surface area contributed by atoms with E-state index in [0.717, 1.165) is 10.5 Å². The topological polar surface area (TPSA) is 90.0 Å². The summed E-state index contributed by atoms with van der Waals surface area (Å²) in [5.41, 5.74) is -0.0415. The first-order chi connectivity index (χ1) is 16.9. The second-order valence-electron chi connectivity index (χ2n) is 9.02. The van der Waals surface area contributed by atoms with Crippen molar-refractivity contribution in [2.24, 2.45) is 11.8 Å². The van der Waals surface area contributed by atoms with Gasteiger partial charge < -0.3 is 9.47 Å². The predicted molar refractivity (Wildman–Crippen MR) is 125 cm³/mol. The van der Waals surface area contributed by atoms with Crippen molar-refractivity contribution >= 4 is 29.1 Å². The van der Waals surface area contributed by atoms with Crippen molar-refractivity contribution in [3.8, 4) is 5.75 Å². The molecule has 1 aliphatic carbocycles. The van der Waals surface area contributed by atoms with Crippen molar-refractivity contribution < 1.29 is 28.7 Å². The number of hydrogen-bond donors (Lipinski definition) is 0. The van der Waals surface area contributed by atoms with Crippen molar-refractivity contribution in [1.82, 2.24) is 0 Å². The monoisotopic (exact) mass is 467 g/mol. The van der Waals surface area contributed by atoms with Crippen molar-refractivity contribution in [2.45, 2.75) is 18.6 Å². The summed E-state index contributed by atoms with van der Waals surface area (Å²) in [4.78, 5) is 56.6. The molecule has 2 aliphatic heterocycles. The lowest BCUT2D eigenvalue weighted by molar-refractivity contribution is -0.127. The molecule has 2 fully saturated rings. The van der Waals surface area contributed by atoms with Crippen LogP contribution in [0.15, 0.2) is 72.8 Å². The van der Waals surface area contributed by atoms with E-state index in [4.69, 9.17) is 9.47 Å². The minimum Gasteiger partial charge on any atom is -0.496 e. The molecule has 0 aromatic heterocycles. The molecule has 35 heavy (non-hydrogen) atoms. The van der Waals surface area contributed by atoms with Gasteiger partial charge in [0.15, 0.2) is 0 Å². The van der Waals surface area contributed by atoms with Gasteiger partial charge >= 0.3 is 0 Å². The lowest BCUT2D eigenvalue weighted by atomic mass is 9.77. The zero-order valence-electron chi connectivity index (χ0n) is 19.1. The molecule has 3 aromatic carbocycles. The Bertz CT molecular complexity index is 1410. The van der Waals surface area contributed by atoms with Crippen LogP contribution in [0.2, 0.25) is 0 Å². The summed E-state index contributed by atoms with van der Waals surface area (Å²) >= 11 is 0. The minimum absolute atomic E-state index is 0.200. The maximum atomic E-state index is 14.0. The van der Waals surface area contributed by atoms with E-state index in [2.05, 4.69) is 0 Å². The number of para-hydroxylation sites is 2. The molecule has 3 aromatic rings. The van der Waals surface area contributed by atoms with Crippen LogP contribution in [0.4, 0.5) is 5.69 Å². The summed E-state index contributed by atoms with van der Waals surface area (Å²) in [7, 11) is 1.49. The number of carbonyl (C=O) groups excluding carboxylic acids is 4. The highest BCUT2D eigenvalue weighted by Gasteiger charge is 2.75. The van der Waals surface area contributed by atoms with E-state index in [9.17, 15) is 19.2 Å². The van der Waals surface area contributed by atoms with Crippen LogP contribution in [-0.2, 0) is 14.3 Å². The van der Waals surface area contributed by atoms with Crippen LogP contribution in [0, 0.1) is 18.8 Å². The van der Waals surface area contributed by atoms with Gasteiger partial charge in [-0.15, -0.1) is 0 Å². The molecule has 1 spiro atoms. The Kier molecular flexibility index (Phi) is 4.56. The number of ketones is 2. The summed E-state index contributed by atoms with van der Waals surface area (Å²) in [6.45, 7) is 1.80. The lowest BCUT2D eigenvalue weighted by Gasteiger charge is -2.28. The molecule has 3 aliphatic rings. The van der Waals surface area contributed by atoms with Gasteiger partial charge in [0.2, 0.25) is 29.0 Å². The summed E-state index contributed by atoms with van der Waals surface area (Å²) in [6.07, 6.45) is -1.02. The van der Waals surface area contributed by atoms with Crippen LogP contribution < -0.4 is 9.64 Å². The number of methoxy groups -OCH3 is 1. The second-order valence-corrected chi connectivity index (χ2v) is 9.02. The first kappa shape index (κ1) is 21.4. The van der Waals surface area contributed by atoms with Gasteiger partial charge in [-0.2, -0.15) is 0 Å². The third kappa shape index (κ3) is 2.64. The van der Waals surface area contributed by atoms with Gasteiger partial charge in [-0.1, -0.05) is 60.7 Å². The Morgan fingerprint density at radius 3 is 2.06 bits per heavy atom. The van der Waals surface area contributed by atoms with Crippen LogP contribution >= 0.6 is 0 Å². The Balaban J connectivity index is 1.58. The molecular formula is C28H21NO6. The summed E-state index contributed by atoms with van der Waals surface area (Å²) in [6, 6.07) is 20.4. The van der Waals surface area contributed by atoms with Crippen molar-refractivity contribution in [3.05, 3.63) is 95.1 Å². The Morgan fingerprint density at radius 2 is 1.40 bits per heavy atom. The van der Waals surface area contributed by atoms with E-state index in [0.29, 0.717) is 17.0 Å². The van der Waals surface area contributed by atoms with Crippen molar-refractivity contribution in [1.29, 1.82) is 0 Å². The van der Waals surface area contributed by atoms with E-state index in [1.165, 1.54) is 7.11 Å². The molecule has 0 saturated carbocycles. The number of nitrogens with zero attached hydrogens (tertiary/aromatic N) is 1. The summed E-state index contributed by atoms with van der Waals surface area (Å²) in [5.74, 6) is -4.20. The number of amides is 2. The van der Waals surface area contributed by atoms with Crippen molar-refractivity contribution in [3.63, 3.8) is 0 Å². The molecule has 7 nitrogen and oxygen atoms in total. The Hall–Kier alpha value is -4.10. The number of rotatable bonds is 3. The Labute approximate surface area is 201 Å². The molecule has 3 atom stereocenters. The molecule has 0 bridgehead atoms. The molecular weight excluding hydrogens is 446 g/mol. The average Bonchev–Trinajstić information content (AvgIpc) is 3.44. The minimum atomic E-state index is -2.11. The van der Waals surface area contributed by atoms with Gasteiger partial charge in [0.05, 0.1) is 24.6 Å². The third-order valence-electron chi connectivity index (χ3n) is 7.32. The fraction of sp³-hybridized carbons (Fsp3) is 0.214. The standard InChI is InChI=1S/C28H21NO6/c1-15-9-3-7-13-19(15)29-26(32)21-22(27(29)33)28(24(30)16-10-4-5-11-17(16)25(28)31)35-23(21)18-12-6-8-14-20(18)34-2/h3-14,21-23H,1-2H3. The molecule has 2 heterocycles. The average molecular weight is 467 g/mol. The van der Waals surface area contributed by atoms with Crippen molar-refractivity contribution in [2.75, 3.05) is 12.0 Å². The quantitative estimate of drug-likeness (QED) is 0.431. The number of aryl methyl sites for hydroxylation is 1. The number of hydrogen-bond acceptors (Lipinski definition) is 6. The molecule has 3 unspecified atom stereocenters. The Morgan fingerprint density at radius 1 is 0.800 bits per heavy atom. The molecule has 2 amide bonds. The number of fused-ring (bicyclic) bond motifs is 3. The van der Waals surface area contributed by atoms with E-state index in [-0.39, 0.29) is 11.1 Å². The normalized spacial score (nSPS) is 24.3. The number of ether oxygens (including phenoxy) is 2. The van der Waals surface area contributed by atoms with Gasteiger partial charge in [-0.3, -0.25) is 19.2 Å². The number of anilines is 1. The largest absolute Gasteiger partial charge is 0.496 e. The summed E-state index contributed by atoms with van der Waals surface area (Å²) in [5, 5.41) is 0. The number of benzene rings is 3. The first-order valence-electron chi connectivity index (χ1n) is 11.3. The SMILES string of the molecule is COc1ccccc1C1OC2(C(=O)c3ccccc3C2=O)C2C(=O)N(c3ccccc3C)C(=O)C12. The number of Topliss-reactive ketones (excluding diaryl/α,β-unsaturated/α-hetero) is 2. The molecule has 7 heteroatoms. The fourth-order valence-electron chi connectivity index (χ4n) is 5.75. The second kappa shape index (κ2) is 7.45. The number of imide groups is 1. The van der Waals surface area contributed by atoms with Gasteiger partial charge in [-0.25, -0.2) is 4.90 Å². The maximum absolute atomic E-state index is 14.0.